The summed E-state index contributed by atoms with van der Waals surface area (Å²) in [7, 11) is 1.60. The smallest absolute Gasteiger partial charge is 0.327 e. The molecule has 0 bridgehead atoms. The van der Waals surface area contributed by atoms with Crippen molar-refractivity contribution in [3.63, 3.8) is 0 Å². The molecule has 7 heteroatoms. The molecule has 2 unspecified atom stereocenters. The van der Waals surface area contributed by atoms with E-state index in [2.05, 4.69) is 11.8 Å². The third-order valence-electron chi connectivity index (χ3n) is 4.88. The number of amides is 3. The van der Waals surface area contributed by atoms with E-state index in [1.54, 1.807) is 12.0 Å². The fourth-order valence-electron chi connectivity index (χ4n) is 3.61. The van der Waals surface area contributed by atoms with E-state index in [1.807, 2.05) is 6.92 Å². The van der Waals surface area contributed by atoms with E-state index < -0.39 is 0 Å². The molecule has 2 saturated heterocycles. The summed E-state index contributed by atoms with van der Waals surface area (Å²) >= 11 is 0. The molecule has 7 nitrogen and oxygen atoms in total. The Bertz CT molecular complexity index is 432. The molecule has 138 valence electrons. The molecule has 2 heterocycles. The van der Waals surface area contributed by atoms with Gasteiger partial charge in [-0.25, -0.2) is 4.79 Å². The second-order valence-corrected chi connectivity index (χ2v) is 6.65. The molecule has 2 aliphatic heterocycles. The molecule has 0 aromatic heterocycles. The van der Waals surface area contributed by atoms with Crippen LogP contribution in [0.3, 0.4) is 0 Å². The standard InChI is InChI=1S/C17H31N3O4/c1-4-24-10-5-7-18-8-6-15(14(2)12-18)20-16(21)13-19(17(20)22)9-11-23-3/h14-15H,4-13H2,1-3H3. The number of rotatable bonds is 9. The van der Waals surface area contributed by atoms with Crippen LogP contribution in [-0.2, 0) is 14.3 Å². The van der Waals surface area contributed by atoms with Gasteiger partial charge in [-0.3, -0.25) is 9.69 Å². The van der Waals surface area contributed by atoms with Crippen molar-refractivity contribution in [2.45, 2.75) is 32.7 Å². The predicted octanol–water partition coefficient (Wildman–Crippen LogP) is 1.03. The van der Waals surface area contributed by atoms with Crippen molar-refractivity contribution in [1.82, 2.24) is 14.7 Å². The molecule has 0 spiro atoms. The molecule has 0 aromatic rings. The molecule has 2 fully saturated rings. The minimum Gasteiger partial charge on any atom is -0.383 e. The summed E-state index contributed by atoms with van der Waals surface area (Å²) in [6.07, 6.45) is 1.88. The van der Waals surface area contributed by atoms with E-state index in [9.17, 15) is 9.59 Å². The molecule has 0 aliphatic carbocycles. The number of nitrogens with zero attached hydrogens (tertiary/aromatic N) is 3. The number of likely N-dealkylation sites (tertiary alicyclic amines) is 1. The van der Waals surface area contributed by atoms with E-state index in [1.165, 1.54) is 4.90 Å². The number of ether oxygens (including phenoxy) is 2. The molecule has 0 N–H and O–H groups in total. The maximum absolute atomic E-state index is 12.5. The van der Waals surface area contributed by atoms with Gasteiger partial charge in [-0.15, -0.1) is 0 Å². The third kappa shape index (κ3) is 4.68. The summed E-state index contributed by atoms with van der Waals surface area (Å²) in [5.74, 6) is 0.221. The first-order valence-corrected chi connectivity index (χ1v) is 8.98. The lowest BCUT2D eigenvalue weighted by Crippen LogP contribution is -2.52. The van der Waals surface area contributed by atoms with Crippen molar-refractivity contribution >= 4 is 11.9 Å². The molecule has 24 heavy (non-hydrogen) atoms. The number of urea groups is 1. The van der Waals surface area contributed by atoms with Gasteiger partial charge in [0.15, 0.2) is 0 Å². The largest absolute Gasteiger partial charge is 0.383 e. The minimum atomic E-state index is -0.154. The van der Waals surface area contributed by atoms with Crippen molar-refractivity contribution in [1.29, 1.82) is 0 Å². The number of hydrogen-bond donors (Lipinski definition) is 0. The van der Waals surface area contributed by atoms with E-state index in [0.29, 0.717) is 19.1 Å². The van der Waals surface area contributed by atoms with Gasteiger partial charge in [0.1, 0.15) is 6.54 Å². The van der Waals surface area contributed by atoms with Gasteiger partial charge in [-0.05, 0) is 25.7 Å². The Morgan fingerprint density at radius 1 is 1.21 bits per heavy atom. The van der Waals surface area contributed by atoms with Gasteiger partial charge in [0, 0.05) is 52.5 Å². The zero-order valence-electron chi connectivity index (χ0n) is 15.2. The summed E-state index contributed by atoms with van der Waals surface area (Å²) in [6, 6.07) is -0.139. The molecular formula is C17H31N3O4. The molecule has 0 aromatic carbocycles. The first kappa shape index (κ1) is 19.1. The summed E-state index contributed by atoms with van der Waals surface area (Å²) in [6.45, 7) is 9.68. The molecule has 3 amide bonds. The number of methoxy groups -OCH3 is 1. The summed E-state index contributed by atoms with van der Waals surface area (Å²) < 4.78 is 10.4. The maximum Gasteiger partial charge on any atom is 0.327 e. The van der Waals surface area contributed by atoms with Crippen LogP contribution in [0.5, 0.6) is 0 Å². The van der Waals surface area contributed by atoms with Crippen LogP contribution in [0.1, 0.15) is 26.7 Å². The van der Waals surface area contributed by atoms with E-state index in [4.69, 9.17) is 9.47 Å². The second kappa shape index (κ2) is 9.34. The second-order valence-electron chi connectivity index (χ2n) is 6.65. The lowest BCUT2D eigenvalue weighted by atomic mass is 9.92. The number of carbonyl (C=O) groups is 2. The lowest BCUT2D eigenvalue weighted by molar-refractivity contribution is -0.128. The fourth-order valence-corrected chi connectivity index (χ4v) is 3.61. The molecule has 2 atom stereocenters. The van der Waals surface area contributed by atoms with Crippen molar-refractivity contribution in [2.75, 3.05) is 59.7 Å². The average molecular weight is 341 g/mol. The van der Waals surface area contributed by atoms with Crippen LogP contribution in [0.25, 0.3) is 0 Å². The predicted molar refractivity (Wildman–Crippen MR) is 90.8 cm³/mol. The fraction of sp³-hybridized carbons (Fsp3) is 0.882. The van der Waals surface area contributed by atoms with Gasteiger partial charge < -0.3 is 19.3 Å². The first-order valence-electron chi connectivity index (χ1n) is 8.98. The zero-order chi connectivity index (χ0) is 17.5. The number of hydrogen-bond acceptors (Lipinski definition) is 5. The highest BCUT2D eigenvalue weighted by Crippen LogP contribution is 2.26. The topological polar surface area (TPSA) is 62.3 Å². The Labute approximate surface area is 144 Å². The monoisotopic (exact) mass is 341 g/mol. The minimum absolute atomic E-state index is 0.0145. The van der Waals surface area contributed by atoms with Crippen molar-refractivity contribution in [2.24, 2.45) is 5.92 Å². The van der Waals surface area contributed by atoms with E-state index >= 15 is 0 Å². The molecule has 2 aliphatic rings. The van der Waals surface area contributed by atoms with Crippen LogP contribution in [0.2, 0.25) is 0 Å². The van der Waals surface area contributed by atoms with Gasteiger partial charge in [0.25, 0.3) is 5.91 Å². The molecule has 0 saturated carbocycles. The average Bonchev–Trinajstić information content (AvgIpc) is 2.84. The Morgan fingerprint density at radius 3 is 2.67 bits per heavy atom. The van der Waals surface area contributed by atoms with Gasteiger partial charge in [-0.1, -0.05) is 6.92 Å². The van der Waals surface area contributed by atoms with E-state index in [-0.39, 0.29) is 24.5 Å². The maximum atomic E-state index is 12.5. The number of piperidine rings is 1. The van der Waals surface area contributed by atoms with Gasteiger partial charge >= 0.3 is 6.03 Å². The van der Waals surface area contributed by atoms with Crippen LogP contribution in [0.15, 0.2) is 0 Å². The molecule has 2 rings (SSSR count). The van der Waals surface area contributed by atoms with Crippen LogP contribution >= 0.6 is 0 Å². The van der Waals surface area contributed by atoms with Gasteiger partial charge in [-0.2, -0.15) is 0 Å². The zero-order valence-corrected chi connectivity index (χ0v) is 15.2. The Hall–Kier alpha value is -1.18. The molecular weight excluding hydrogens is 310 g/mol. The highest BCUT2D eigenvalue weighted by molar-refractivity contribution is 6.02. The third-order valence-corrected chi connectivity index (χ3v) is 4.88. The quantitative estimate of drug-likeness (QED) is 0.463. The summed E-state index contributed by atoms with van der Waals surface area (Å²) in [5.41, 5.74) is 0. The van der Waals surface area contributed by atoms with Crippen LogP contribution in [0, 0.1) is 5.92 Å². The van der Waals surface area contributed by atoms with Crippen molar-refractivity contribution < 1.29 is 19.1 Å². The van der Waals surface area contributed by atoms with Gasteiger partial charge in [0.2, 0.25) is 0 Å². The Kier molecular flexibility index (Phi) is 7.45. The van der Waals surface area contributed by atoms with Gasteiger partial charge in [0.05, 0.1) is 6.61 Å². The summed E-state index contributed by atoms with van der Waals surface area (Å²) in [5, 5.41) is 0. The Balaban J connectivity index is 1.85. The van der Waals surface area contributed by atoms with Crippen LogP contribution in [-0.4, -0.2) is 92.3 Å². The van der Waals surface area contributed by atoms with Crippen LogP contribution in [0.4, 0.5) is 4.79 Å². The summed E-state index contributed by atoms with van der Waals surface area (Å²) in [4.78, 5) is 30.4. The van der Waals surface area contributed by atoms with E-state index in [0.717, 1.165) is 45.7 Å². The molecule has 0 radical (unpaired) electrons. The van der Waals surface area contributed by atoms with Crippen LogP contribution < -0.4 is 0 Å². The van der Waals surface area contributed by atoms with Crippen molar-refractivity contribution in [3.05, 3.63) is 0 Å². The highest BCUT2D eigenvalue weighted by Gasteiger charge is 2.43. The SMILES string of the molecule is CCOCCCN1CCC(N2C(=O)CN(CCOC)C2=O)C(C)C1. The van der Waals surface area contributed by atoms with Crippen molar-refractivity contribution in [3.8, 4) is 0 Å². The lowest BCUT2D eigenvalue weighted by Gasteiger charge is -2.40. The first-order chi connectivity index (χ1) is 11.6. The normalized spacial score (nSPS) is 25.8. The highest BCUT2D eigenvalue weighted by atomic mass is 16.5. The Morgan fingerprint density at radius 2 is 2.00 bits per heavy atom. The number of imide groups is 1. The number of carbonyl (C=O) groups excluding carboxylic acids is 2.